The molecule has 31 heavy (non-hydrogen) atoms. The van der Waals surface area contributed by atoms with Gasteiger partial charge < -0.3 is 9.84 Å². The van der Waals surface area contributed by atoms with Gasteiger partial charge in [0, 0.05) is 5.56 Å². The molecule has 0 radical (unpaired) electrons. The Bertz CT molecular complexity index is 896. The van der Waals surface area contributed by atoms with Crippen molar-refractivity contribution in [3.05, 3.63) is 66.4 Å². The van der Waals surface area contributed by atoms with Crippen molar-refractivity contribution in [2.24, 2.45) is 0 Å². The molecule has 0 aliphatic rings. The second-order valence-corrected chi connectivity index (χ2v) is 7.68. The van der Waals surface area contributed by atoms with E-state index < -0.39 is 0 Å². The molecule has 0 amide bonds. The van der Waals surface area contributed by atoms with Crippen LogP contribution in [0.1, 0.15) is 64.9 Å². The number of benzene rings is 2. The van der Waals surface area contributed by atoms with Crippen molar-refractivity contribution in [1.29, 1.82) is 0 Å². The summed E-state index contributed by atoms with van der Waals surface area (Å²) in [6.45, 7) is 6.71. The van der Waals surface area contributed by atoms with Gasteiger partial charge in [0.15, 0.2) is 0 Å². The number of phenols is 1. The lowest BCUT2D eigenvalue weighted by molar-refractivity contribution is 0.333. The number of ether oxygens (including phenoxy) is 1. The molecule has 1 heterocycles. The van der Waals surface area contributed by atoms with Crippen LogP contribution in [-0.4, -0.2) is 27.6 Å². The van der Waals surface area contributed by atoms with Gasteiger partial charge in [-0.2, -0.15) is 0 Å². The Morgan fingerprint density at radius 2 is 1.58 bits per heavy atom. The van der Waals surface area contributed by atoms with E-state index in [0.717, 1.165) is 29.5 Å². The molecule has 0 atom stereocenters. The van der Waals surface area contributed by atoms with Crippen LogP contribution in [-0.2, 0) is 5.41 Å². The van der Waals surface area contributed by atoms with Crippen molar-refractivity contribution in [3.8, 4) is 22.8 Å². The molecule has 1 aromatic heterocycles. The third-order valence-corrected chi connectivity index (χ3v) is 5.97. The van der Waals surface area contributed by atoms with Crippen molar-refractivity contribution in [2.45, 2.75) is 64.7 Å². The number of aromatic nitrogens is 3. The van der Waals surface area contributed by atoms with E-state index in [9.17, 15) is 5.11 Å². The van der Waals surface area contributed by atoms with Gasteiger partial charge in [-0.3, -0.25) is 0 Å². The average Bonchev–Trinajstić information content (AvgIpc) is 2.84. The van der Waals surface area contributed by atoms with Crippen molar-refractivity contribution in [2.75, 3.05) is 7.11 Å². The summed E-state index contributed by atoms with van der Waals surface area (Å²) in [5.74, 6) is 0.957. The van der Waals surface area contributed by atoms with Crippen LogP contribution >= 0.6 is 0 Å². The lowest BCUT2D eigenvalue weighted by Crippen LogP contribution is -2.24. The Kier molecular flexibility index (Phi) is 9.95. The van der Waals surface area contributed by atoms with Crippen molar-refractivity contribution >= 4 is 0 Å². The number of unbranched alkanes of at least 4 members (excludes halogenated alkanes) is 2. The zero-order valence-electron chi connectivity index (χ0n) is 19.2. The maximum atomic E-state index is 10.1. The Labute approximate surface area is 186 Å². The van der Waals surface area contributed by atoms with Gasteiger partial charge in [0.05, 0.1) is 18.9 Å². The van der Waals surface area contributed by atoms with E-state index in [2.05, 4.69) is 42.2 Å². The first-order valence-electron chi connectivity index (χ1n) is 11.2. The number of rotatable bonds is 9. The highest BCUT2D eigenvalue weighted by molar-refractivity contribution is 5.66. The van der Waals surface area contributed by atoms with Gasteiger partial charge in [0.1, 0.15) is 5.75 Å². The second-order valence-electron chi connectivity index (χ2n) is 7.68. The van der Waals surface area contributed by atoms with Crippen LogP contribution in [0.5, 0.6) is 11.6 Å². The van der Waals surface area contributed by atoms with Crippen LogP contribution in [0, 0.1) is 0 Å². The molecular weight excluding hydrogens is 386 g/mol. The molecule has 3 aromatic rings. The molecule has 0 spiro atoms. The van der Waals surface area contributed by atoms with E-state index >= 15 is 0 Å². The van der Waals surface area contributed by atoms with Gasteiger partial charge in [-0.1, -0.05) is 93.7 Å². The quantitative estimate of drug-likeness (QED) is 0.395. The molecule has 0 fully saturated rings. The predicted octanol–water partition coefficient (Wildman–Crippen LogP) is 6.58. The fourth-order valence-electron chi connectivity index (χ4n) is 3.98. The van der Waals surface area contributed by atoms with E-state index in [0.29, 0.717) is 11.6 Å². The lowest BCUT2D eigenvalue weighted by atomic mass is 9.72. The summed E-state index contributed by atoms with van der Waals surface area (Å²) >= 11 is 0. The SMILES string of the molecule is CCCCCC(CC)(CC)c1ccccc1O.COc1nnncc1-c1ccccc1. The second kappa shape index (κ2) is 12.7. The van der Waals surface area contributed by atoms with Gasteiger partial charge in [-0.15, -0.1) is 5.10 Å². The maximum absolute atomic E-state index is 10.1. The van der Waals surface area contributed by atoms with Crippen LogP contribution in [0.25, 0.3) is 11.1 Å². The number of para-hydroxylation sites is 1. The highest BCUT2D eigenvalue weighted by Gasteiger charge is 2.29. The standard InChI is InChI=1S/C16H26O.C10H9N3O/c1-4-7-10-13-16(5-2,6-3)14-11-8-9-12-15(14)17;1-14-10-9(7-11-13-12-10)8-5-3-2-4-6-8/h8-9,11-12,17H,4-7,10,13H2,1-3H3;2-7H,1H3. The minimum Gasteiger partial charge on any atom is -0.508 e. The van der Waals surface area contributed by atoms with E-state index in [-0.39, 0.29) is 5.41 Å². The molecule has 2 aromatic carbocycles. The summed E-state index contributed by atoms with van der Waals surface area (Å²) in [6.07, 6.45) is 8.83. The van der Waals surface area contributed by atoms with Gasteiger partial charge in [-0.05, 0) is 41.5 Å². The molecule has 0 saturated heterocycles. The highest BCUT2D eigenvalue weighted by atomic mass is 16.5. The lowest BCUT2D eigenvalue weighted by Gasteiger charge is -2.33. The third-order valence-electron chi connectivity index (χ3n) is 5.97. The molecule has 0 aliphatic heterocycles. The minimum atomic E-state index is 0.167. The molecular formula is C26H35N3O2. The predicted molar refractivity (Wildman–Crippen MR) is 126 cm³/mol. The normalized spacial score (nSPS) is 10.8. The van der Waals surface area contributed by atoms with Crippen molar-refractivity contribution in [3.63, 3.8) is 0 Å². The van der Waals surface area contributed by atoms with Gasteiger partial charge in [0.2, 0.25) is 5.88 Å². The van der Waals surface area contributed by atoms with Crippen molar-refractivity contribution < 1.29 is 9.84 Å². The van der Waals surface area contributed by atoms with Crippen LogP contribution in [0.2, 0.25) is 0 Å². The Morgan fingerprint density at radius 3 is 2.19 bits per heavy atom. The third kappa shape index (κ3) is 6.51. The van der Waals surface area contributed by atoms with Crippen molar-refractivity contribution in [1.82, 2.24) is 15.4 Å². The number of methoxy groups -OCH3 is 1. The van der Waals surface area contributed by atoms with E-state index in [1.165, 1.54) is 25.7 Å². The van der Waals surface area contributed by atoms with Gasteiger partial charge in [-0.25, -0.2) is 0 Å². The van der Waals surface area contributed by atoms with Crippen LogP contribution in [0.3, 0.4) is 0 Å². The summed E-state index contributed by atoms with van der Waals surface area (Å²) in [5.41, 5.74) is 3.18. The maximum Gasteiger partial charge on any atom is 0.244 e. The number of aromatic hydroxyl groups is 1. The van der Waals surface area contributed by atoms with Gasteiger partial charge in [0.25, 0.3) is 0 Å². The molecule has 0 unspecified atom stereocenters. The first-order valence-corrected chi connectivity index (χ1v) is 11.2. The smallest absolute Gasteiger partial charge is 0.244 e. The van der Waals surface area contributed by atoms with Gasteiger partial charge >= 0.3 is 0 Å². The van der Waals surface area contributed by atoms with E-state index in [1.54, 1.807) is 13.3 Å². The summed E-state index contributed by atoms with van der Waals surface area (Å²) in [4.78, 5) is 0. The Hall–Kier alpha value is -2.95. The molecule has 5 heteroatoms. The molecule has 5 nitrogen and oxygen atoms in total. The van der Waals surface area contributed by atoms with E-state index in [4.69, 9.17) is 4.74 Å². The topological polar surface area (TPSA) is 68.1 Å². The molecule has 0 bridgehead atoms. The molecule has 1 N–H and O–H groups in total. The summed E-state index contributed by atoms with van der Waals surface area (Å²) in [7, 11) is 1.57. The summed E-state index contributed by atoms with van der Waals surface area (Å²) < 4.78 is 5.09. The number of hydrogen-bond acceptors (Lipinski definition) is 5. The monoisotopic (exact) mass is 421 g/mol. The minimum absolute atomic E-state index is 0.167. The zero-order chi connectivity index (χ0) is 22.5. The largest absolute Gasteiger partial charge is 0.508 e. The fraction of sp³-hybridized carbons (Fsp3) is 0.423. The summed E-state index contributed by atoms with van der Waals surface area (Å²) in [5, 5.41) is 21.1. The number of hydrogen-bond donors (Lipinski definition) is 1. The number of phenolic OH excluding ortho intramolecular Hbond substituents is 1. The summed E-state index contributed by atoms with van der Waals surface area (Å²) in [6, 6.07) is 17.7. The molecule has 166 valence electrons. The molecule has 3 rings (SSSR count). The van der Waals surface area contributed by atoms with Crippen LogP contribution in [0.15, 0.2) is 60.8 Å². The van der Waals surface area contributed by atoms with Crippen LogP contribution < -0.4 is 4.74 Å². The fourth-order valence-corrected chi connectivity index (χ4v) is 3.98. The zero-order valence-corrected chi connectivity index (χ0v) is 19.2. The first-order chi connectivity index (χ1) is 15.1. The average molecular weight is 422 g/mol. The Balaban J connectivity index is 0.000000224. The molecule has 0 saturated carbocycles. The Morgan fingerprint density at radius 1 is 0.903 bits per heavy atom. The molecule has 0 aliphatic carbocycles. The highest BCUT2D eigenvalue weighted by Crippen LogP contribution is 2.41. The first kappa shape index (κ1) is 24.3. The number of nitrogens with zero attached hydrogens (tertiary/aromatic N) is 3. The van der Waals surface area contributed by atoms with E-state index in [1.807, 2.05) is 48.5 Å². The van der Waals surface area contributed by atoms with Crippen LogP contribution in [0.4, 0.5) is 0 Å².